The predicted octanol–water partition coefficient (Wildman–Crippen LogP) is 15.2. The number of likely N-dealkylation sites (tertiary alicyclic amines) is 2. The van der Waals surface area contributed by atoms with Gasteiger partial charge in [0.05, 0.1) is 77.6 Å². The molecule has 3 saturated heterocycles. The van der Waals surface area contributed by atoms with Crippen LogP contribution < -0.4 is 60.8 Å². The summed E-state index contributed by atoms with van der Waals surface area (Å²) in [6.07, 6.45) is 9.38. The minimum atomic E-state index is -4.12. The zero-order valence-electron chi connectivity index (χ0n) is 66.5. The van der Waals surface area contributed by atoms with E-state index in [1.807, 2.05) is 50.6 Å². The third kappa shape index (κ3) is 24.2. The van der Waals surface area contributed by atoms with Gasteiger partial charge in [-0.3, -0.25) is 33.7 Å². The summed E-state index contributed by atoms with van der Waals surface area (Å²) < 4.78 is 85.6. The molecular weight excluding hydrogens is 1860 g/mol. The van der Waals surface area contributed by atoms with E-state index in [1.54, 1.807) is 18.2 Å². The van der Waals surface area contributed by atoms with E-state index in [-0.39, 0.29) is 94.1 Å². The fraction of sp³-hybridized carbons (Fsp3) is 0.305. The van der Waals surface area contributed by atoms with E-state index in [1.165, 1.54) is 123 Å². The van der Waals surface area contributed by atoms with Crippen molar-refractivity contribution in [3.8, 4) is 0 Å². The first-order valence-electron chi connectivity index (χ1n) is 39.4. The number of morpholine rings is 1. The van der Waals surface area contributed by atoms with E-state index in [4.69, 9.17) is 74.3 Å². The molecule has 9 aromatic rings. The SMILES string of the molecule is O=C(Nc1ccc(N2C(=O)Cc3cc(NCCCN4CCCC4)ccc3C2=O)c(Cl)c1)NS(=O)(=O)c1ccc(Cl)s1.O=C(Nc1ccc(N2C(=O)Cc3cc(NCCCN4CCCCC4)ccc3C2=O)c(Cl)c1)NS(=O)(=O)c1ccc(Cl)s1.O=C(Nc1ccc(N2C(=O)Cc3cc(NCCCN4CCOCC4)ccc3C2=O)c(Cl)c1)NS(=O)(=O)c1ccc(Cl)s1. The number of urea groups is 3. The van der Waals surface area contributed by atoms with Crippen LogP contribution in [0.25, 0.3) is 0 Å². The van der Waals surface area contributed by atoms with Crippen LogP contribution in [-0.2, 0) is 68.5 Å². The van der Waals surface area contributed by atoms with E-state index < -0.39 is 83.6 Å². The van der Waals surface area contributed by atoms with Crippen molar-refractivity contribution in [2.75, 3.05) is 138 Å². The molecular formula is C82H83Cl6N15O16S6. The number of hydrogen-bond donors (Lipinski definition) is 9. The Bertz CT molecular complexity index is 5750. The van der Waals surface area contributed by atoms with Gasteiger partial charge in [0.2, 0.25) is 17.7 Å². The van der Waals surface area contributed by atoms with E-state index in [0.29, 0.717) is 33.4 Å². The van der Waals surface area contributed by atoms with Crippen LogP contribution >= 0.6 is 104 Å². The number of sulfonamides is 3. The Kier molecular flexibility index (Phi) is 31.2. The fourth-order valence-corrected chi connectivity index (χ4v) is 22.5. The largest absolute Gasteiger partial charge is 0.385 e. The number of anilines is 9. The molecule has 0 saturated carbocycles. The number of ether oxygens (including phenoxy) is 1. The first-order chi connectivity index (χ1) is 59.8. The number of carbonyl (C=O) groups excluding carboxylic acids is 9. The number of hydrogen-bond acceptors (Lipinski definition) is 25. The zero-order chi connectivity index (χ0) is 88.9. The fourth-order valence-electron chi connectivity index (χ4n) is 14.6. The van der Waals surface area contributed by atoms with Gasteiger partial charge < -0.3 is 46.4 Å². The highest BCUT2D eigenvalue weighted by Gasteiger charge is 2.38. The van der Waals surface area contributed by atoms with Crippen LogP contribution in [0.3, 0.4) is 0 Å². The second-order valence-corrected chi connectivity index (χ2v) is 41.4. The van der Waals surface area contributed by atoms with Crippen LogP contribution in [0.1, 0.15) is 99.1 Å². The number of fused-ring (bicyclic) bond motifs is 3. The van der Waals surface area contributed by atoms with Crippen LogP contribution in [0.4, 0.5) is 65.6 Å². The lowest BCUT2D eigenvalue weighted by Crippen LogP contribution is -2.42. The Labute approximate surface area is 762 Å². The van der Waals surface area contributed by atoms with Gasteiger partial charge in [-0.15, -0.1) is 34.0 Å². The first kappa shape index (κ1) is 93.1. The maximum atomic E-state index is 13.3. The first-order valence-corrected chi connectivity index (χ1v) is 48.6. The van der Waals surface area contributed by atoms with Crippen molar-refractivity contribution >= 4 is 238 Å². The minimum Gasteiger partial charge on any atom is -0.385 e. The lowest BCUT2D eigenvalue weighted by Gasteiger charge is -2.28. The molecule has 6 aliphatic rings. The molecule has 3 fully saturated rings. The van der Waals surface area contributed by atoms with E-state index in [0.717, 1.165) is 177 Å². The molecule has 12 amide bonds. The molecule has 0 atom stereocenters. The second kappa shape index (κ2) is 41.9. The Morgan fingerprint density at radius 3 is 0.904 bits per heavy atom. The van der Waals surface area contributed by atoms with Crippen molar-refractivity contribution in [2.24, 2.45) is 0 Å². The molecule has 43 heteroatoms. The number of carbonyl (C=O) groups is 9. The van der Waals surface area contributed by atoms with Gasteiger partial charge in [0.15, 0.2) is 0 Å². The molecule has 125 heavy (non-hydrogen) atoms. The number of amides is 12. The Balaban J connectivity index is 0.000000161. The zero-order valence-corrected chi connectivity index (χ0v) is 75.9. The van der Waals surface area contributed by atoms with Gasteiger partial charge in [-0.05, 0) is 253 Å². The van der Waals surface area contributed by atoms with Crippen molar-refractivity contribution < 1.29 is 73.1 Å². The van der Waals surface area contributed by atoms with Crippen molar-refractivity contribution in [3.05, 3.63) is 207 Å². The molecule has 6 aliphatic heterocycles. The number of thiophene rings is 3. The number of imide groups is 3. The van der Waals surface area contributed by atoms with E-state index in [9.17, 15) is 68.4 Å². The molecule has 15 rings (SSSR count). The van der Waals surface area contributed by atoms with Crippen LogP contribution in [0, 0.1) is 0 Å². The van der Waals surface area contributed by atoms with Gasteiger partial charge in [-0.2, -0.15) is 0 Å². The Hall–Kier alpha value is -9.52. The Morgan fingerprint density at radius 2 is 0.624 bits per heavy atom. The number of halogens is 6. The number of rotatable bonds is 27. The maximum absolute atomic E-state index is 13.3. The topological polar surface area (TPSA) is 393 Å². The molecule has 0 unspecified atom stereocenters. The van der Waals surface area contributed by atoms with Crippen LogP contribution in [0.5, 0.6) is 0 Å². The van der Waals surface area contributed by atoms with Gasteiger partial charge in [0.25, 0.3) is 47.8 Å². The molecule has 9 N–H and O–H groups in total. The summed E-state index contributed by atoms with van der Waals surface area (Å²) >= 11 is 39.0. The molecule has 3 aromatic heterocycles. The molecule has 0 aliphatic carbocycles. The maximum Gasteiger partial charge on any atom is 0.333 e. The molecule has 0 spiro atoms. The highest BCUT2D eigenvalue weighted by Crippen LogP contribution is 2.39. The van der Waals surface area contributed by atoms with Gasteiger partial charge in [-0.25, -0.2) is 68.5 Å². The van der Waals surface area contributed by atoms with Gasteiger partial charge in [0, 0.05) is 83.5 Å². The number of benzene rings is 6. The van der Waals surface area contributed by atoms with Gasteiger partial charge in [0.1, 0.15) is 12.6 Å². The molecule has 31 nitrogen and oxygen atoms in total. The summed E-state index contributed by atoms with van der Waals surface area (Å²) in [5.74, 6) is -2.83. The number of nitrogens with zero attached hydrogens (tertiary/aromatic N) is 6. The summed E-state index contributed by atoms with van der Waals surface area (Å²) in [5, 5.41) is 17.4. The standard InChI is InChI=1S/C28H29Cl2N5O5S2.C27H27Cl2N5O6S2.C27H27Cl2N5O5S2/c29-22-17-20(32-28(38)33-42(39,40)26-10-9-24(30)41-26)6-8-23(22)35-25(36)16-18-15-19(5-7-21(18)27(35)37)31-11-4-14-34-12-2-1-3-13-34;28-21-16-19(31-27(37)32-42(38,39)25-7-6-23(29)41-25)3-5-22(21)34-24(35)15-17-14-18(2-4-20(17)26(34)36)30-8-1-9-33-10-12-40-13-11-33;28-21-16-19(31-27(37)32-41(38,39)25-9-8-23(29)40-25)5-7-22(21)34-24(35)15-17-14-18(4-6-20(17)26(34)36)30-10-3-13-33-11-1-2-12-33/h5-10,15,17,31H,1-4,11-14,16H2,(H2,32,33,38);2-7,14,16,30H,1,8-13,15H2,(H2,31,32,37);4-9,14,16,30H,1-3,10-13,15H2,(H2,31,32,37). The lowest BCUT2D eigenvalue weighted by molar-refractivity contribution is -0.118. The molecule has 9 heterocycles. The average Bonchev–Trinajstić information content (AvgIpc) is 1.49. The third-order valence-electron chi connectivity index (χ3n) is 20.5. The van der Waals surface area contributed by atoms with Crippen molar-refractivity contribution in [1.82, 2.24) is 28.9 Å². The molecule has 0 bridgehead atoms. The molecule has 660 valence electrons. The second-order valence-electron chi connectivity index (χ2n) is 29.3. The monoisotopic (exact) mass is 1940 g/mol. The third-order valence-corrected chi connectivity index (χ3v) is 30.6. The lowest BCUT2D eigenvalue weighted by atomic mass is 9.97. The molecule has 0 radical (unpaired) electrons. The summed E-state index contributed by atoms with van der Waals surface area (Å²) in [5.41, 5.74) is 6.60. The van der Waals surface area contributed by atoms with Gasteiger partial charge >= 0.3 is 18.1 Å². The van der Waals surface area contributed by atoms with Gasteiger partial charge in [-0.1, -0.05) is 76.0 Å². The average molecular weight is 1940 g/mol. The van der Waals surface area contributed by atoms with Crippen molar-refractivity contribution in [1.29, 1.82) is 0 Å². The minimum absolute atomic E-state index is 0.00764. The smallest absolute Gasteiger partial charge is 0.333 e. The van der Waals surface area contributed by atoms with Crippen LogP contribution in [-0.4, -0.2) is 185 Å². The summed E-state index contributed by atoms with van der Waals surface area (Å²) in [4.78, 5) is 127. The summed E-state index contributed by atoms with van der Waals surface area (Å²) in [7, 11) is -12.4. The Morgan fingerprint density at radius 1 is 0.344 bits per heavy atom. The quantitative estimate of drug-likeness (QED) is 0.0170. The highest BCUT2D eigenvalue weighted by molar-refractivity contribution is 7.93. The predicted molar refractivity (Wildman–Crippen MR) is 489 cm³/mol. The number of nitrogens with one attached hydrogen (secondary N) is 9. The normalized spacial score (nSPS) is 15.7. The molecule has 6 aromatic carbocycles. The highest BCUT2D eigenvalue weighted by atomic mass is 35.5. The number of piperidine rings is 1. The van der Waals surface area contributed by atoms with E-state index >= 15 is 0 Å². The van der Waals surface area contributed by atoms with Crippen molar-refractivity contribution in [3.63, 3.8) is 0 Å². The van der Waals surface area contributed by atoms with Crippen LogP contribution in [0.15, 0.2) is 158 Å². The van der Waals surface area contributed by atoms with Crippen molar-refractivity contribution in [2.45, 2.75) is 83.3 Å². The summed E-state index contributed by atoms with van der Waals surface area (Å²) in [6, 6.07) is 33.6. The van der Waals surface area contributed by atoms with Crippen LogP contribution in [0.2, 0.25) is 28.1 Å². The summed E-state index contributed by atoms with van der Waals surface area (Å²) in [6.45, 7) is 13.5. The van der Waals surface area contributed by atoms with E-state index in [2.05, 4.69) is 46.6 Å².